The predicted molar refractivity (Wildman–Crippen MR) is 101 cm³/mol. The monoisotopic (exact) mass is 304 g/mol. The summed E-state index contributed by atoms with van der Waals surface area (Å²) in [6.45, 7) is 13.2. The van der Waals surface area contributed by atoms with Crippen molar-refractivity contribution in [1.29, 1.82) is 0 Å². The number of unbranched alkanes of at least 4 members (excludes halogenated alkanes) is 1. The van der Waals surface area contributed by atoms with Crippen LogP contribution < -0.4 is 4.74 Å². The topological polar surface area (TPSA) is 9.23 Å². The van der Waals surface area contributed by atoms with Gasteiger partial charge in [0.25, 0.3) is 0 Å². The molecule has 0 N–H and O–H groups in total. The molecule has 0 atom stereocenters. The molecular formula is C21H36O. The van der Waals surface area contributed by atoms with Gasteiger partial charge in [-0.2, -0.15) is 0 Å². The molecule has 0 saturated heterocycles. The maximum atomic E-state index is 5.16. The fourth-order valence-electron chi connectivity index (χ4n) is 2.40. The van der Waals surface area contributed by atoms with Gasteiger partial charge in [0.1, 0.15) is 5.75 Å². The molecular weight excluding hydrogens is 268 g/mol. The van der Waals surface area contributed by atoms with Crippen molar-refractivity contribution in [1.82, 2.24) is 0 Å². The number of rotatable bonds is 7. The number of methoxy groups -OCH3 is 1. The van der Waals surface area contributed by atoms with Crippen LogP contribution in [0.15, 0.2) is 23.8 Å². The Bertz CT molecular complexity index is 424. The molecule has 0 aliphatic rings. The van der Waals surface area contributed by atoms with Gasteiger partial charge in [-0.15, -0.1) is 0 Å². The maximum absolute atomic E-state index is 5.16. The molecule has 0 spiro atoms. The SMILES string of the molecule is CCCCC(CC)CC.COc1ccc(C)c(C=C(C)C)c1. The van der Waals surface area contributed by atoms with E-state index in [2.05, 4.69) is 59.8 Å². The van der Waals surface area contributed by atoms with E-state index in [1.54, 1.807) is 7.11 Å². The number of allylic oxidation sites excluding steroid dienone is 1. The van der Waals surface area contributed by atoms with Crippen LogP contribution in [0.3, 0.4) is 0 Å². The van der Waals surface area contributed by atoms with Gasteiger partial charge >= 0.3 is 0 Å². The lowest BCUT2D eigenvalue weighted by molar-refractivity contribution is 0.414. The Morgan fingerprint density at radius 2 is 1.77 bits per heavy atom. The highest BCUT2D eigenvalue weighted by molar-refractivity contribution is 5.57. The Morgan fingerprint density at radius 1 is 1.14 bits per heavy atom. The molecule has 0 fully saturated rings. The molecule has 0 aromatic heterocycles. The molecule has 0 aliphatic carbocycles. The molecule has 1 rings (SSSR count). The van der Waals surface area contributed by atoms with Crippen LogP contribution in [0.1, 0.15) is 77.8 Å². The summed E-state index contributed by atoms with van der Waals surface area (Å²) in [5, 5.41) is 0. The molecule has 126 valence electrons. The van der Waals surface area contributed by atoms with Crippen LogP contribution in [0.4, 0.5) is 0 Å². The van der Waals surface area contributed by atoms with Gasteiger partial charge in [-0.1, -0.05) is 70.6 Å². The molecule has 0 heterocycles. The highest BCUT2D eigenvalue weighted by Crippen LogP contribution is 2.19. The van der Waals surface area contributed by atoms with Gasteiger partial charge in [-0.3, -0.25) is 0 Å². The zero-order valence-electron chi connectivity index (χ0n) is 15.8. The van der Waals surface area contributed by atoms with E-state index in [1.807, 2.05) is 6.07 Å². The summed E-state index contributed by atoms with van der Waals surface area (Å²) >= 11 is 0. The van der Waals surface area contributed by atoms with Gasteiger partial charge in [0, 0.05) is 0 Å². The third kappa shape index (κ3) is 8.92. The molecule has 0 amide bonds. The number of hydrogen-bond acceptors (Lipinski definition) is 1. The summed E-state index contributed by atoms with van der Waals surface area (Å²) in [6.07, 6.45) is 9.14. The van der Waals surface area contributed by atoms with E-state index in [0.717, 1.165) is 11.7 Å². The lowest BCUT2D eigenvalue weighted by Crippen LogP contribution is -1.95. The lowest BCUT2D eigenvalue weighted by Gasteiger charge is -2.09. The van der Waals surface area contributed by atoms with Gasteiger partial charge in [0.15, 0.2) is 0 Å². The van der Waals surface area contributed by atoms with Crippen molar-refractivity contribution in [3.05, 3.63) is 34.9 Å². The largest absolute Gasteiger partial charge is 0.497 e. The van der Waals surface area contributed by atoms with E-state index in [9.17, 15) is 0 Å². The second kappa shape index (κ2) is 12.3. The van der Waals surface area contributed by atoms with Crippen LogP contribution in [-0.2, 0) is 0 Å². The lowest BCUT2D eigenvalue weighted by atomic mass is 9.97. The van der Waals surface area contributed by atoms with Gasteiger partial charge in [0.2, 0.25) is 0 Å². The summed E-state index contributed by atoms with van der Waals surface area (Å²) in [7, 11) is 1.69. The summed E-state index contributed by atoms with van der Waals surface area (Å²) < 4.78 is 5.16. The van der Waals surface area contributed by atoms with E-state index < -0.39 is 0 Å². The average molecular weight is 305 g/mol. The molecule has 1 aromatic carbocycles. The molecule has 0 radical (unpaired) electrons. The fraction of sp³-hybridized carbons (Fsp3) is 0.619. The summed E-state index contributed by atoms with van der Waals surface area (Å²) in [6, 6.07) is 6.12. The van der Waals surface area contributed by atoms with Crippen LogP contribution >= 0.6 is 0 Å². The molecule has 0 bridgehead atoms. The summed E-state index contributed by atoms with van der Waals surface area (Å²) in [5.74, 6) is 1.92. The first kappa shape index (κ1) is 20.8. The molecule has 0 saturated carbocycles. The number of benzene rings is 1. The Hall–Kier alpha value is -1.24. The third-order valence-electron chi connectivity index (χ3n) is 4.05. The quantitative estimate of drug-likeness (QED) is 0.525. The van der Waals surface area contributed by atoms with Crippen molar-refractivity contribution < 1.29 is 4.74 Å². The van der Waals surface area contributed by atoms with Crippen LogP contribution in [0, 0.1) is 12.8 Å². The minimum Gasteiger partial charge on any atom is -0.497 e. The second-order valence-electron chi connectivity index (χ2n) is 6.27. The minimum absolute atomic E-state index is 0.915. The predicted octanol–water partition coefficient (Wildman–Crippen LogP) is 7.04. The molecule has 1 heteroatoms. The zero-order valence-corrected chi connectivity index (χ0v) is 15.8. The van der Waals surface area contributed by atoms with E-state index in [-0.39, 0.29) is 0 Å². The first-order chi connectivity index (χ1) is 10.5. The van der Waals surface area contributed by atoms with Crippen LogP contribution in [0.2, 0.25) is 0 Å². The van der Waals surface area contributed by atoms with Crippen molar-refractivity contribution in [2.24, 2.45) is 5.92 Å². The first-order valence-corrected chi connectivity index (χ1v) is 8.77. The van der Waals surface area contributed by atoms with E-state index in [0.29, 0.717) is 0 Å². The fourth-order valence-corrected chi connectivity index (χ4v) is 2.40. The summed E-state index contributed by atoms with van der Waals surface area (Å²) in [4.78, 5) is 0. The molecule has 22 heavy (non-hydrogen) atoms. The van der Waals surface area contributed by atoms with Gasteiger partial charge in [0.05, 0.1) is 7.11 Å². The summed E-state index contributed by atoms with van der Waals surface area (Å²) in [5.41, 5.74) is 3.82. The van der Waals surface area contributed by atoms with Gasteiger partial charge in [-0.05, 0) is 49.9 Å². The Balaban J connectivity index is 0.000000433. The average Bonchev–Trinajstić information content (AvgIpc) is 2.51. The number of aryl methyl sites for hydroxylation is 1. The highest BCUT2D eigenvalue weighted by Gasteiger charge is 2.00. The molecule has 0 unspecified atom stereocenters. The smallest absolute Gasteiger partial charge is 0.119 e. The maximum Gasteiger partial charge on any atom is 0.119 e. The van der Waals surface area contributed by atoms with E-state index >= 15 is 0 Å². The van der Waals surface area contributed by atoms with Crippen LogP contribution in [-0.4, -0.2) is 7.11 Å². The van der Waals surface area contributed by atoms with Crippen molar-refractivity contribution in [3.63, 3.8) is 0 Å². The van der Waals surface area contributed by atoms with Crippen molar-refractivity contribution >= 4 is 6.08 Å². The second-order valence-corrected chi connectivity index (χ2v) is 6.27. The Labute approximate surface area is 138 Å². The molecule has 0 aliphatic heterocycles. The molecule has 1 nitrogen and oxygen atoms in total. The van der Waals surface area contributed by atoms with Gasteiger partial charge < -0.3 is 4.74 Å². The minimum atomic E-state index is 0.915. The van der Waals surface area contributed by atoms with Crippen molar-refractivity contribution in [3.8, 4) is 5.75 Å². The first-order valence-electron chi connectivity index (χ1n) is 8.77. The standard InChI is InChI=1S/C12H16O.C9H20/c1-9(2)7-11-8-12(13-4)6-5-10(11)3;1-4-7-8-9(5-2)6-3/h5-8H,1-4H3;9H,4-8H2,1-3H3. The third-order valence-corrected chi connectivity index (χ3v) is 4.05. The number of ether oxygens (including phenoxy) is 1. The molecule has 1 aromatic rings. The Kier molecular flexibility index (Phi) is 11.6. The Morgan fingerprint density at radius 3 is 2.23 bits per heavy atom. The van der Waals surface area contributed by atoms with Crippen LogP contribution in [0.5, 0.6) is 5.75 Å². The van der Waals surface area contributed by atoms with E-state index in [4.69, 9.17) is 4.74 Å². The van der Waals surface area contributed by atoms with Gasteiger partial charge in [-0.25, -0.2) is 0 Å². The van der Waals surface area contributed by atoms with E-state index in [1.165, 1.54) is 48.8 Å². The highest BCUT2D eigenvalue weighted by atomic mass is 16.5. The normalized spacial score (nSPS) is 10.0. The van der Waals surface area contributed by atoms with Crippen molar-refractivity contribution in [2.45, 2.75) is 73.6 Å². The van der Waals surface area contributed by atoms with Crippen LogP contribution in [0.25, 0.3) is 6.08 Å². The van der Waals surface area contributed by atoms with Crippen molar-refractivity contribution in [2.75, 3.05) is 7.11 Å². The zero-order chi connectivity index (χ0) is 17.0. The number of hydrogen-bond donors (Lipinski definition) is 0.